The summed E-state index contributed by atoms with van der Waals surface area (Å²) >= 11 is 0. The first-order valence-electron chi connectivity index (χ1n) is 8.55. The van der Waals surface area contributed by atoms with Gasteiger partial charge in [0.15, 0.2) is 11.5 Å². The first-order valence-corrected chi connectivity index (χ1v) is 11.4. The number of carbonyl (C=O) groups is 1. The Morgan fingerprint density at radius 2 is 1.26 bits per heavy atom. The normalized spacial score (nSPS) is 11.7. The molecule has 0 unspecified atom stereocenters. The first kappa shape index (κ1) is 22.4. The van der Waals surface area contributed by atoms with E-state index in [0.717, 1.165) is 13.2 Å². The van der Waals surface area contributed by atoms with E-state index < -0.39 is 41.5 Å². The van der Waals surface area contributed by atoms with Crippen LogP contribution in [-0.4, -0.2) is 38.8 Å². The number of benzene rings is 3. The summed E-state index contributed by atoms with van der Waals surface area (Å²) < 4.78 is 75.6. The van der Waals surface area contributed by atoms with Crippen LogP contribution < -0.4 is 9.47 Å². The van der Waals surface area contributed by atoms with E-state index in [1.165, 1.54) is 24.3 Å². The van der Waals surface area contributed by atoms with Crippen molar-refractivity contribution >= 4 is 26.0 Å². The van der Waals surface area contributed by atoms with Crippen molar-refractivity contribution in [2.24, 2.45) is 0 Å². The number of carbonyl (C=O) groups excluding carboxylic acids is 1. The largest absolute Gasteiger partial charge is 0.495 e. The highest BCUT2D eigenvalue weighted by Gasteiger charge is 2.26. The molecule has 0 spiro atoms. The second-order valence-electron chi connectivity index (χ2n) is 6.22. The zero-order chi connectivity index (χ0) is 22.8. The molecule has 11 heteroatoms. The average Bonchev–Trinajstić information content (AvgIpc) is 2.72. The van der Waals surface area contributed by atoms with Gasteiger partial charge in [-0.15, -0.1) is 0 Å². The fraction of sp³-hybridized carbons (Fsp3) is 0.0500. The van der Waals surface area contributed by atoms with Gasteiger partial charge in [0.05, 0.1) is 7.11 Å². The number of ketones is 1. The molecule has 0 saturated heterocycles. The smallest absolute Gasteiger partial charge is 0.298 e. The van der Waals surface area contributed by atoms with Gasteiger partial charge in [0.25, 0.3) is 20.2 Å². The van der Waals surface area contributed by atoms with E-state index in [1.54, 1.807) is 30.3 Å². The molecule has 0 atom stereocenters. The molecular formula is C20H16O9S2. The molecule has 0 amide bonds. The van der Waals surface area contributed by atoms with Gasteiger partial charge in [-0.2, -0.15) is 16.8 Å². The second-order valence-corrected chi connectivity index (χ2v) is 9.00. The van der Waals surface area contributed by atoms with Gasteiger partial charge in [-0.3, -0.25) is 13.9 Å². The fourth-order valence-electron chi connectivity index (χ4n) is 2.72. The van der Waals surface area contributed by atoms with Crippen molar-refractivity contribution in [2.75, 3.05) is 7.11 Å². The molecule has 0 fully saturated rings. The number of hydrogen-bond donors (Lipinski definition) is 2. The molecule has 3 aromatic carbocycles. The Labute approximate surface area is 178 Å². The van der Waals surface area contributed by atoms with Crippen LogP contribution in [0.15, 0.2) is 76.5 Å². The third-order valence-electron chi connectivity index (χ3n) is 4.17. The topological polar surface area (TPSA) is 144 Å². The third-order valence-corrected chi connectivity index (χ3v) is 5.92. The summed E-state index contributed by atoms with van der Waals surface area (Å²) in [5.74, 6) is -0.990. The SMILES string of the molecule is COc1cc(Oc2ccc(C(=O)c3ccccc3)cc2)c(S(=O)(=O)O)cc1S(=O)(=O)O. The molecule has 0 aliphatic carbocycles. The summed E-state index contributed by atoms with van der Waals surface area (Å²) in [6, 6.07) is 15.7. The average molecular weight is 464 g/mol. The van der Waals surface area contributed by atoms with Crippen LogP contribution in [0.2, 0.25) is 0 Å². The van der Waals surface area contributed by atoms with E-state index >= 15 is 0 Å². The number of ether oxygens (including phenoxy) is 2. The van der Waals surface area contributed by atoms with Gasteiger partial charge in [0, 0.05) is 17.2 Å². The molecule has 0 aliphatic rings. The minimum absolute atomic E-state index is 0.0937. The quantitative estimate of drug-likeness (QED) is 0.398. The van der Waals surface area contributed by atoms with Crippen molar-refractivity contribution < 1.29 is 40.2 Å². The predicted molar refractivity (Wildman–Crippen MR) is 109 cm³/mol. The summed E-state index contributed by atoms with van der Waals surface area (Å²) in [6.45, 7) is 0. The van der Waals surface area contributed by atoms with Crippen molar-refractivity contribution in [1.82, 2.24) is 0 Å². The molecule has 3 rings (SSSR count). The van der Waals surface area contributed by atoms with Gasteiger partial charge in [-0.25, -0.2) is 0 Å². The molecule has 0 bridgehead atoms. The fourth-order valence-corrected chi connectivity index (χ4v) is 4.08. The Bertz CT molecular complexity index is 1330. The van der Waals surface area contributed by atoms with Gasteiger partial charge >= 0.3 is 0 Å². The van der Waals surface area contributed by atoms with Gasteiger partial charge in [-0.1, -0.05) is 30.3 Å². The highest BCUT2D eigenvalue weighted by molar-refractivity contribution is 7.86. The molecule has 2 N–H and O–H groups in total. The molecule has 9 nitrogen and oxygen atoms in total. The lowest BCUT2D eigenvalue weighted by molar-refractivity contribution is 0.103. The zero-order valence-electron chi connectivity index (χ0n) is 15.9. The van der Waals surface area contributed by atoms with E-state index in [0.29, 0.717) is 17.2 Å². The Kier molecular flexibility index (Phi) is 6.13. The minimum atomic E-state index is -4.93. The Balaban J connectivity index is 1.99. The van der Waals surface area contributed by atoms with Crippen molar-refractivity contribution in [2.45, 2.75) is 9.79 Å². The highest BCUT2D eigenvalue weighted by Crippen LogP contribution is 2.37. The van der Waals surface area contributed by atoms with Gasteiger partial charge in [0.2, 0.25) is 0 Å². The van der Waals surface area contributed by atoms with Crippen LogP contribution in [0.1, 0.15) is 15.9 Å². The molecule has 162 valence electrons. The third kappa shape index (κ3) is 5.09. The Morgan fingerprint density at radius 1 is 0.742 bits per heavy atom. The molecule has 0 saturated carbocycles. The van der Waals surface area contributed by atoms with Crippen LogP contribution in [-0.2, 0) is 20.2 Å². The molecular weight excluding hydrogens is 448 g/mol. The minimum Gasteiger partial charge on any atom is -0.495 e. The number of hydrogen-bond acceptors (Lipinski definition) is 7. The van der Waals surface area contributed by atoms with Crippen LogP contribution in [0.3, 0.4) is 0 Å². The maximum absolute atomic E-state index is 12.5. The molecule has 0 heterocycles. The molecule has 31 heavy (non-hydrogen) atoms. The summed E-state index contributed by atoms with van der Waals surface area (Å²) in [5.41, 5.74) is 0.836. The van der Waals surface area contributed by atoms with E-state index in [2.05, 4.69) is 0 Å². The lowest BCUT2D eigenvalue weighted by Crippen LogP contribution is -2.07. The second kappa shape index (κ2) is 8.47. The Hall–Kier alpha value is -3.25. The number of methoxy groups -OCH3 is 1. The van der Waals surface area contributed by atoms with E-state index in [9.17, 15) is 30.7 Å². The standard InChI is InChI=1S/C20H16O9S2/c1-28-16-11-17(19(31(25,26)27)12-18(16)30(22,23)24)29-15-9-7-14(8-10-15)20(21)13-5-3-2-4-6-13/h2-12H,1H3,(H,22,23,24)(H,25,26,27). The van der Waals surface area contributed by atoms with Crippen molar-refractivity contribution in [3.05, 3.63) is 77.9 Å². The zero-order valence-corrected chi connectivity index (χ0v) is 17.6. The summed E-state index contributed by atoms with van der Waals surface area (Å²) in [4.78, 5) is 10.7. The summed E-state index contributed by atoms with van der Waals surface area (Å²) in [7, 11) is -8.68. The lowest BCUT2D eigenvalue weighted by Gasteiger charge is -2.14. The van der Waals surface area contributed by atoms with E-state index in [4.69, 9.17) is 9.47 Å². The monoisotopic (exact) mass is 464 g/mol. The van der Waals surface area contributed by atoms with Crippen LogP contribution in [0.25, 0.3) is 0 Å². The molecule has 0 radical (unpaired) electrons. The van der Waals surface area contributed by atoms with Gasteiger partial charge < -0.3 is 9.47 Å². The maximum atomic E-state index is 12.5. The van der Waals surface area contributed by atoms with Crippen molar-refractivity contribution in [3.8, 4) is 17.2 Å². The van der Waals surface area contributed by atoms with Crippen molar-refractivity contribution in [1.29, 1.82) is 0 Å². The van der Waals surface area contributed by atoms with Gasteiger partial charge in [-0.05, 0) is 30.3 Å². The van der Waals surface area contributed by atoms with E-state index in [-0.39, 0.29) is 11.5 Å². The lowest BCUT2D eigenvalue weighted by atomic mass is 10.0. The van der Waals surface area contributed by atoms with Crippen LogP contribution in [0.5, 0.6) is 17.2 Å². The highest BCUT2D eigenvalue weighted by atomic mass is 32.2. The molecule has 3 aromatic rings. The summed E-state index contributed by atoms with van der Waals surface area (Å²) in [5, 5.41) is 0. The first-order chi connectivity index (χ1) is 14.5. The van der Waals surface area contributed by atoms with Crippen LogP contribution in [0, 0.1) is 0 Å². The summed E-state index contributed by atoms with van der Waals surface area (Å²) in [6.07, 6.45) is 0. The van der Waals surface area contributed by atoms with Crippen LogP contribution in [0.4, 0.5) is 0 Å². The maximum Gasteiger partial charge on any atom is 0.298 e. The molecule has 0 aliphatic heterocycles. The van der Waals surface area contributed by atoms with E-state index in [1.807, 2.05) is 0 Å². The Morgan fingerprint density at radius 3 is 1.77 bits per heavy atom. The number of rotatable bonds is 7. The molecule has 0 aromatic heterocycles. The van der Waals surface area contributed by atoms with Crippen LogP contribution >= 0.6 is 0 Å². The van der Waals surface area contributed by atoms with Gasteiger partial charge in [0.1, 0.15) is 21.3 Å². The predicted octanol–water partition coefficient (Wildman–Crippen LogP) is 3.21. The van der Waals surface area contributed by atoms with Crippen molar-refractivity contribution in [3.63, 3.8) is 0 Å².